The number of fused-ring (bicyclic) bond motifs is 1. The summed E-state index contributed by atoms with van der Waals surface area (Å²) in [4.78, 5) is 23.5. The molecule has 124 valence electrons. The van der Waals surface area contributed by atoms with Gasteiger partial charge in [-0.1, -0.05) is 0 Å². The third kappa shape index (κ3) is 3.39. The molecule has 1 amide bonds. The fourth-order valence-electron chi connectivity index (χ4n) is 2.54. The van der Waals surface area contributed by atoms with Crippen LogP contribution in [0.5, 0.6) is 0 Å². The molecule has 0 spiro atoms. The molecule has 1 saturated heterocycles. The van der Waals surface area contributed by atoms with E-state index in [-0.39, 0.29) is 6.09 Å². The van der Waals surface area contributed by atoms with Crippen molar-refractivity contribution < 1.29 is 9.53 Å². The monoisotopic (exact) mass is 428 g/mol. The highest BCUT2D eigenvalue weighted by Crippen LogP contribution is 2.27. The summed E-state index contributed by atoms with van der Waals surface area (Å²) in [5.41, 5.74) is 1.51. The molecule has 2 aromatic rings. The lowest BCUT2D eigenvalue weighted by atomic mass is 10.1. The Morgan fingerprint density at radius 3 is 2.83 bits per heavy atom. The molecule has 6 nitrogen and oxygen atoms in total. The van der Waals surface area contributed by atoms with E-state index in [4.69, 9.17) is 4.74 Å². The van der Waals surface area contributed by atoms with Gasteiger partial charge in [-0.2, -0.15) is 0 Å². The lowest BCUT2D eigenvalue weighted by Gasteiger charge is -2.44. The van der Waals surface area contributed by atoms with Crippen LogP contribution < -0.4 is 4.90 Å². The zero-order chi connectivity index (χ0) is 16.8. The molecule has 23 heavy (non-hydrogen) atoms. The van der Waals surface area contributed by atoms with Gasteiger partial charge in [0.1, 0.15) is 11.2 Å². The molecule has 3 heterocycles. The molecule has 0 bridgehead atoms. The summed E-state index contributed by atoms with van der Waals surface area (Å²) >= 11 is 2.30. The first kappa shape index (κ1) is 16.4. The third-order valence-electron chi connectivity index (χ3n) is 3.94. The fourth-order valence-corrected chi connectivity index (χ4v) is 3.11. The number of aromatic nitrogens is 2. The number of hydrogen-bond donors (Lipinski definition) is 1. The van der Waals surface area contributed by atoms with E-state index in [1.54, 1.807) is 4.90 Å². The van der Waals surface area contributed by atoms with Crippen molar-refractivity contribution in [2.75, 3.05) is 25.0 Å². The van der Waals surface area contributed by atoms with Gasteiger partial charge in [-0.05, 0) is 49.4 Å². The number of H-pyrrole nitrogens is 1. The maximum absolute atomic E-state index is 12.0. The van der Waals surface area contributed by atoms with Crippen molar-refractivity contribution in [3.8, 4) is 0 Å². The number of likely N-dealkylation sites (tertiary alicyclic amines) is 1. The molecule has 0 radical (unpaired) electrons. The number of hydrogen-bond acceptors (Lipinski definition) is 4. The average Bonchev–Trinajstić information content (AvgIpc) is 2.76. The van der Waals surface area contributed by atoms with Gasteiger partial charge in [-0.25, -0.2) is 9.78 Å². The van der Waals surface area contributed by atoms with Gasteiger partial charge in [0, 0.05) is 35.3 Å². The van der Waals surface area contributed by atoms with E-state index < -0.39 is 5.60 Å². The highest BCUT2D eigenvalue weighted by Gasteiger charge is 2.36. The number of likely N-dealkylation sites (N-methyl/N-ethyl adjacent to an activating group) is 1. The molecule has 2 aromatic heterocycles. The van der Waals surface area contributed by atoms with Crippen molar-refractivity contribution in [1.29, 1.82) is 0 Å². The Morgan fingerprint density at radius 2 is 2.17 bits per heavy atom. The molecule has 0 unspecified atom stereocenters. The summed E-state index contributed by atoms with van der Waals surface area (Å²) in [5.74, 6) is 0. The summed E-state index contributed by atoms with van der Waals surface area (Å²) in [5, 5.41) is 1.12. The predicted octanol–water partition coefficient (Wildman–Crippen LogP) is 3.22. The topological polar surface area (TPSA) is 61.5 Å². The minimum Gasteiger partial charge on any atom is -0.444 e. The van der Waals surface area contributed by atoms with Crippen LogP contribution in [-0.2, 0) is 4.74 Å². The quantitative estimate of drug-likeness (QED) is 0.747. The molecule has 0 aliphatic carbocycles. The Bertz CT molecular complexity index is 731. The number of nitrogens with zero attached hydrogens (tertiary/aromatic N) is 3. The summed E-state index contributed by atoms with van der Waals surface area (Å²) in [6.07, 6.45) is 3.58. The lowest BCUT2D eigenvalue weighted by Crippen LogP contribution is -2.61. The van der Waals surface area contributed by atoms with E-state index in [0.717, 1.165) is 20.3 Å². The Balaban J connectivity index is 1.64. The van der Waals surface area contributed by atoms with E-state index >= 15 is 0 Å². The second kappa shape index (κ2) is 5.85. The Hall–Kier alpha value is -1.51. The van der Waals surface area contributed by atoms with Crippen LogP contribution in [0.15, 0.2) is 18.5 Å². The molecule has 0 atom stereocenters. The number of nitrogens with one attached hydrogen (secondary N) is 1. The maximum atomic E-state index is 12.0. The van der Waals surface area contributed by atoms with Gasteiger partial charge in [0.2, 0.25) is 0 Å². The highest BCUT2D eigenvalue weighted by molar-refractivity contribution is 14.1. The normalized spacial score (nSPS) is 15.6. The number of aromatic amines is 1. The summed E-state index contributed by atoms with van der Waals surface area (Å²) in [6.45, 7) is 7.00. The second-order valence-corrected chi connectivity index (χ2v) is 8.04. The maximum Gasteiger partial charge on any atom is 0.410 e. The van der Waals surface area contributed by atoms with Crippen molar-refractivity contribution in [2.45, 2.75) is 32.4 Å². The van der Waals surface area contributed by atoms with Crippen LogP contribution in [0.4, 0.5) is 10.5 Å². The SMILES string of the molecule is CN(c1cnc2[nH]cc(I)c2c1)C1CN(C(=O)OC(C)(C)C)C1. The summed E-state index contributed by atoms with van der Waals surface area (Å²) < 4.78 is 6.55. The first-order valence-corrected chi connectivity index (χ1v) is 8.66. The number of pyridine rings is 1. The van der Waals surface area contributed by atoms with Gasteiger partial charge in [-0.3, -0.25) is 0 Å². The van der Waals surface area contributed by atoms with Crippen LogP contribution in [0.3, 0.4) is 0 Å². The Kier molecular flexibility index (Phi) is 4.16. The highest BCUT2D eigenvalue weighted by atomic mass is 127. The largest absolute Gasteiger partial charge is 0.444 e. The number of anilines is 1. The number of halogens is 1. The van der Waals surface area contributed by atoms with Crippen molar-refractivity contribution >= 4 is 45.4 Å². The average molecular weight is 428 g/mol. The van der Waals surface area contributed by atoms with Gasteiger partial charge in [0.15, 0.2) is 0 Å². The summed E-state index contributed by atoms with van der Waals surface area (Å²) in [6, 6.07) is 2.43. The predicted molar refractivity (Wildman–Crippen MR) is 98.8 cm³/mol. The second-order valence-electron chi connectivity index (χ2n) is 6.88. The molecule has 1 N–H and O–H groups in total. The van der Waals surface area contributed by atoms with Crippen LogP contribution >= 0.6 is 22.6 Å². The lowest BCUT2D eigenvalue weighted by molar-refractivity contribution is 0.00852. The first-order chi connectivity index (χ1) is 10.7. The molecule has 7 heteroatoms. The Morgan fingerprint density at radius 1 is 1.48 bits per heavy atom. The van der Waals surface area contributed by atoms with E-state index in [9.17, 15) is 4.79 Å². The van der Waals surface area contributed by atoms with Crippen LogP contribution in [0, 0.1) is 3.57 Å². The van der Waals surface area contributed by atoms with Gasteiger partial charge in [0.05, 0.1) is 17.9 Å². The molecule has 1 aliphatic rings. The number of carbonyl (C=O) groups excluding carboxylic acids is 1. The van der Waals surface area contributed by atoms with Crippen LogP contribution in [0.25, 0.3) is 11.0 Å². The number of rotatable bonds is 2. The molecule has 1 fully saturated rings. The zero-order valence-corrected chi connectivity index (χ0v) is 15.9. The number of amides is 1. The third-order valence-corrected chi connectivity index (χ3v) is 4.83. The zero-order valence-electron chi connectivity index (χ0n) is 13.8. The van der Waals surface area contributed by atoms with Gasteiger partial charge >= 0.3 is 6.09 Å². The van der Waals surface area contributed by atoms with Crippen molar-refractivity contribution in [3.05, 3.63) is 22.0 Å². The van der Waals surface area contributed by atoms with Crippen LogP contribution in [0.2, 0.25) is 0 Å². The van der Waals surface area contributed by atoms with Crippen molar-refractivity contribution in [1.82, 2.24) is 14.9 Å². The minimum atomic E-state index is -0.450. The van der Waals surface area contributed by atoms with E-state index in [1.165, 1.54) is 0 Å². The van der Waals surface area contributed by atoms with Crippen molar-refractivity contribution in [2.24, 2.45) is 0 Å². The number of carbonyl (C=O) groups is 1. The fraction of sp³-hybridized carbons (Fsp3) is 0.500. The van der Waals surface area contributed by atoms with E-state index in [0.29, 0.717) is 19.1 Å². The van der Waals surface area contributed by atoms with Gasteiger partial charge in [-0.15, -0.1) is 0 Å². The molecule has 0 aromatic carbocycles. The molecular weight excluding hydrogens is 407 g/mol. The Labute approximate surface area is 149 Å². The first-order valence-electron chi connectivity index (χ1n) is 7.58. The molecule has 3 rings (SSSR count). The van der Waals surface area contributed by atoms with Crippen LogP contribution in [-0.4, -0.2) is 52.7 Å². The summed E-state index contributed by atoms with van der Waals surface area (Å²) in [7, 11) is 2.04. The molecular formula is C16H21IN4O2. The number of ether oxygens (including phenoxy) is 1. The van der Waals surface area contributed by atoms with Crippen molar-refractivity contribution in [3.63, 3.8) is 0 Å². The van der Waals surface area contributed by atoms with E-state index in [1.807, 2.05) is 40.2 Å². The van der Waals surface area contributed by atoms with Gasteiger partial charge in [0.25, 0.3) is 0 Å². The minimum absolute atomic E-state index is 0.240. The van der Waals surface area contributed by atoms with E-state index in [2.05, 4.69) is 43.5 Å². The molecule has 1 aliphatic heterocycles. The smallest absolute Gasteiger partial charge is 0.410 e. The standard InChI is InChI=1S/C16H21IN4O2/c1-16(2,3)23-15(22)21-8-11(9-21)20(4)10-5-12-13(17)7-19-14(12)18-6-10/h5-7,11H,8-9H2,1-4H3,(H,18,19). The molecule has 0 saturated carbocycles. The van der Waals surface area contributed by atoms with Gasteiger partial charge < -0.3 is 19.5 Å². The van der Waals surface area contributed by atoms with Crippen LogP contribution in [0.1, 0.15) is 20.8 Å².